The van der Waals surface area contributed by atoms with Crippen molar-refractivity contribution in [3.8, 4) is 0 Å². The van der Waals surface area contributed by atoms with E-state index in [0.29, 0.717) is 12.8 Å². The van der Waals surface area contributed by atoms with Gasteiger partial charge in [-0.05, 0) is 12.2 Å². The van der Waals surface area contributed by atoms with E-state index >= 15 is 0 Å². The molecule has 0 saturated heterocycles. The maximum absolute atomic E-state index is 10.0. The molecule has 64 valence electrons. The molecule has 0 aromatic heterocycles. The predicted molar refractivity (Wildman–Crippen MR) is 41.1 cm³/mol. The van der Waals surface area contributed by atoms with Crippen molar-refractivity contribution in [3.05, 3.63) is 0 Å². The van der Waals surface area contributed by atoms with Gasteiger partial charge in [-0.15, -0.1) is 0 Å². The highest BCUT2D eigenvalue weighted by Crippen LogP contribution is 2.14. The van der Waals surface area contributed by atoms with Crippen LogP contribution in [0, 0.1) is 0 Å². The van der Waals surface area contributed by atoms with Crippen LogP contribution < -0.4 is 0 Å². The number of carboxylic acids is 1. The molecule has 4 nitrogen and oxygen atoms in total. The van der Waals surface area contributed by atoms with Crippen LogP contribution in [0.3, 0.4) is 0 Å². The predicted octanol–water partition coefficient (Wildman–Crippen LogP) is 0.104. The molecule has 0 aliphatic carbocycles. The second-order valence-electron chi connectivity index (χ2n) is 2.68. The Bertz CT molecular complexity index is 126. The summed E-state index contributed by atoms with van der Waals surface area (Å²) in [4.78, 5) is 10.0. The Kier molecular flexibility index (Phi) is 4.90. The van der Waals surface area contributed by atoms with Crippen molar-refractivity contribution >= 4 is 13.1 Å². The highest BCUT2D eigenvalue weighted by atomic mass is 16.4. The Balaban J connectivity index is 3.31. The fraction of sp³-hybridized carbons (Fsp3) is 0.833. The van der Waals surface area contributed by atoms with Gasteiger partial charge in [-0.2, -0.15) is 0 Å². The van der Waals surface area contributed by atoms with E-state index in [2.05, 4.69) is 0 Å². The fourth-order valence-electron chi connectivity index (χ4n) is 0.724. The summed E-state index contributed by atoms with van der Waals surface area (Å²) >= 11 is 0. The van der Waals surface area contributed by atoms with Crippen LogP contribution in [-0.2, 0) is 4.79 Å². The van der Waals surface area contributed by atoms with Crippen LogP contribution in [0.5, 0.6) is 0 Å². The van der Waals surface area contributed by atoms with Gasteiger partial charge in [0.05, 0.1) is 0 Å². The molecule has 11 heavy (non-hydrogen) atoms. The van der Waals surface area contributed by atoms with Crippen molar-refractivity contribution < 1.29 is 19.9 Å². The molecule has 5 heteroatoms. The van der Waals surface area contributed by atoms with Gasteiger partial charge in [0.15, 0.2) is 0 Å². The van der Waals surface area contributed by atoms with Crippen molar-refractivity contribution in [2.24, 2.45) is 0 Å². The first kappa shape index (κ1) is 10.5. The number of carbonyl (C=O) groups is 1. The molecular formula is C6H13BO4. The molecule has 0 spiro atoms. The van der Waals surface area contributed by atoms with Crippen LogP contribution in [0.2, 0.25) is 5.82 Å². The lowest BCUT2D eigenvalue weighted by molar-refractivity contribution is -0.137. The summed E-state index contributed by atoms with van der Waals surface area (Å²) in [5.41, 5.74) is 0. The quantitative estimate of drug-likeness (QED) is 0.498. The lowest BCUT2D eigenvalue weighted by atomic mass is 9.71. The minimum atomic E-state index is -1.33. The van der Waals surface area contributed by atoms with Gasteiger partial charge in [-0.25, -0.2) is 0 Å². The van der Waals surface area contributed by atoms with E-state index < -0.39 is 13.1 Å². The molecule has 0 heterocycles. The summed E-state index contributed by atoms with van der Waals surface area (Å²) < 4.78 is 0. The number of hydrogen-bond acceptors (Lipinski definition) is 3. The number of carboxylic acid groups (broad SMARTS) is 1. The SMILES string of the molecule is CC(CCCC(=O)O)B(O)O. The summed E-state index contributed by atoms with van der Waals surface area (Å²) in [6.45, 7) is 1.67. The standard InChI is InChI=1S/C6H13BO4/c1-5(7(10)11)3-2-4-6(8)9/h5,10-11H,2-4H2,1H3,(H,8,9). The molecule has 0 aromatic rings. The zero-order chi connectivity index (χ0) is 8.85. The first-order chi connectivity index (χ1) is 5.04. The maximum Gasteiger partial charge on any atom is 0.454 e. The molecule has 3 N–H and O–H groups in total. The van der Waals surface area contributed by atoms with E-state index in [1.165, 1.54) is 0 Å². The third kappa shape index (κ3) is 5.88. The summed E-state index contributed by atoms with van der Waals surface area (Å²) in [7, 11) is -1.33. The minimum Gasteiger partial charge on any atom is -0.481 e. The molecular weight excluding hydrogens is 147 g/mol. The minimum absolute atomic E-state index is 0.0943. The van der Waals surface area contributed by atoms with Crippen molar-refractivity contribution in [2.45, 2.75) is 32.0 Å². The van der Waals surface area contributed by atoms with Crippen LogP contribution in [-0.4, -0.2) is 28.2 Å². The average Bonchev–Trinajstić information content (AvgIpc) is 1.86. The Morgan fingerprint density at radius 1 is 1.55 bits per heavy atom. The third-order valence-electron chi connectivity index (χ3n) is 1.56. The van der Waals surface area contributed by atoms with Crippen LogP contribution in [0.25, 0.3) is 0 Å². The van der Waals surface area contributed by atoms with Gasteiger partial charge in [0.25, 0.3) is 0 Å². The molecule has 1 atom stereocenters. The van der Waals surface area contributed by atoms with Crippen molar-refractivity contribution in [2.75, 3.05) is 0 Å². The van der Waals surface area contributed by atoms with Gasteiger partial charge < -0.3 is 15.2 Å². The van der Waals surface area contributed by atoms with Gasteiger partial charge in [-0.3, -0.25) is 4.79 Å². The molecule has 0 aliphatic heterocycles. The summed E-state index contributed by atoms with van der Waals surface area (Å²) in [6.07, 6.45) is 1.12. The first-order valence-electron chi connectivity index (χ1n) is 3.62. The topological polar surface area (TPSA) is 77.8 Å². The van der Waals surface area contributed by atoms with E-state index in [4.69, 9.17) is 15.2 Å². The number of rotatable bonds is 5. The lowest BCUT2D eigenvalue weighted by Gasteiger charge is -2.07. The van der Waals surface area contributed by atoms with E-state index in [1.807, 2.05) is 0 Å². The summed E-state index contributed by atoms with van der Waals surface area (Å²) in [5, 5.41) is 25.4. The van der Waals surface area contributed by atoms with Crippen LogP contribution in [0.4, 0.5) is 0 Å². The van der Waals surface area contributed by atoms with Crippen molar-refractivity contribution in [3.63, 3.8) is 0 Å². The Labute approximate surface area is 66.0 Å². The normalized spacial score (nSPS) is 12.6. The molecule has 0 fully saturated rings. The highest BCUT2D eigenvalue weighted by molar-refractivity contribution is 6.42. The zero-order valence-corrected chi connectivity index (χ0v) is 6.53. The number of aliphatic carboxylic acids is 1. The molecule has 0 amide bonds. The van der Waals surface area contributed by atoms with E-state index in [1.54, 1.807) is 6.92 Å². The van der Waals surface area contributed by atoms with Crippen molar-refractivity contribution in [1.82, 2.24) is 0 Å². The third-order valence-corrected chi connectivity index (χ3v) is 1.56. The Morgan fingerprint density at radius 2 is 2.09 bits per heavy atom. The lowest BCUT2D eigenvalue weighted by Crippen LogP contribution is -2.17. The summed E-state index contributed by atoms with van der Waals surface area (Å²) in [6, 6.07) is 0. The molecule has 0 aliphatic rings. The smallest absolute Gasteiger partial charge is 0.454 e. The van der Waals surface area contributed by atoms with E-state index in [-0.39, 0.29) is 12.2 Å². The van der Waals surface area contributed by atoms with Gasteiger partial charge >= 0.3 is 13.1 Å². The van der Waals surface area contributed by atoms with Crippen LogP contribution >= 0.6 is 0 Å². The maximum atomic E-state index is 10.0. The fourth-order valence-corrected chi connectivity index (χ4v) is 0.724. The molecule has 0 radical (unpaired) electrons. The van der Waals surface area contributed by atoms with Crippen molar-refractivity contribution in [1.29, 1.82) is 0 Å². The Hall–Kier alpha value is -0.545. The summed E-state index contributed by atoms with van der Waals surface area (Å²) in [5.74, 6) is -1.08. The van der Waals surface area contributed by atoms with E-state index in [9.17, 15) is 4.79 Å². The monoisotopic (exact) mass is 160 g/mol. The largest absolute Gasteiger partial charge is 0.481 e. The molecule has 1 unspecified atom stereocenters. The van der Waals surface area contributed by atoms with Gasteiger partial charge in [0.2, 0.25) is 0 Å². The molecule has 0 aromatic carbocycles. The molecule has 0 rings (SSSR count). The van der Waals surface area contributed by atoms with Gasteiger partial charge in [0.1, 0.15) is 0 Å². The van der Waals surface area contributed by atoms with Crippen LogP contribution in [0.15, 0.2) is 0 Å². The van der Waals surface area contributed by atoms with Gasteiger partial charge in [0, 0.05) is 6.42 Å². The van der Waals surface area contributed by atoms with E-state index in [0.717, 1.165) is 0 Å². The second kappa shape index (κ2) is 5.15. The highest BCUT2D eigenvalue weighted by Gasteiger charge is 2.17. The van der Waals surface area contributed by atoms with Gasteiger partial charge in [-0.1, -0.05) is 13.3 Å². The Morgan fingerprint density at radius 3 is 2.45 bits per heavy atom. The first-order valence-corrected chi connectivity index (χ1v) is 3.62. The second-order valence-corrected chi connectivity index (χ2v) is 2.68. The average molecular weight is 160 g/mol. The molecule has 0 bridgehead atoms. The molecule has 0 saturated carbocycles. The van der Waals surface area contributed by atoms with Crippen LogP contribution in [0.1, 0.15) is 26.2 Å². The number of hydrogen-bond donors (Lipinski definition) is 3. The zero-order valence-electron chi connectivity index (χ0n) is 6.53.